The van der Waals surface area contributed by atoms with E-state index in [1.807, 2.05) is 30.3 Å². The number of carbonyl (C=O) groups is 6. The van der Waals surface area contributed by atoms with Gasteiger partial charge in [0.1, 0.15) is 52.8 Å². The third-order valence-electron chi connectivity index (χ3n) is 13.3. The van der Waals surface area contributed by atoms with Crippen molar-refractivity contribution in [3.8, 4) is 17.6 Å². The zero-order chi connectivity index (χ0) is 70.1. The van der Waals surface area contributed by atoms with Gasteiger partial charge in [0.15, 0.2) is 15.7 Å². The zero-order valence-electron chi connectivity index (χ0n) is 55.1. The highest BCUT2D eigenvalue weighted by atomic mass is 32.2. The molecule has 0 aliphatic heterocycles. The average Bonchev–Trinajstić information content (AvgIpc) is 0.828. The molecule has 1 aromatic heterocycles. The first-order valence-corrected chi connectivity index (χ1v) is 33.2. The van der Waals surface area contributed by atoms with Gasteiger partial charge in [-0.05, 0) is 90.7 Å². The number of nitriles is 1. The topological polar surface area (TPSA) is 434 Å². The van der Waals surface area contributed by atoms with Crippen LogP contribution in [-0.2, 0) is 86.9 Å². The summed E-state index contributed by atoms with van der Waals surface area (Å²) >= 11 is 0. The number of ether oxygens (including phenoxy) is 6. The SMILES string of the molecule is COc1cc(S(=O)(=O)CCN(CC(C)OC(=O)CCCOOC(=O)CCCCCO)CC(C)OC(=O)CCCOOC(=O)CCCCCO)c(OC)cc1N.Cc1c(C#N)c(NCCOCCOC(=O)CCCOOC(=O)CCCCCO)nc(Nc2ccccc2)c1N=N. The maximum absolute atomic E-state index is 13.5. The van der Waals surface area contributed by atoms with Crippen molar-refractivity contribution in [1.82, 2.24) is 9.88 Å². The molecule has 532 valence electrons. The molecule has 95 heavy (non-hydrogen) atoms. The summed E-state index contributed by atoms with van der Waals surface area (Å²) in [5.74, 6) is -2.56. The molecule has 0 aliphatic carbocycles. The van der Waals surface area contributed by atoms with Crippen molar-refractivity contribution in [2.45, 2.75) is 153 Å². The summed E-state index contributed by atoms with van der Waals surface area (Å²) in [5.41, 5.74) is 15.5. The highest BCUT2D eigenvalue weighted by Gasteiger charge is 2.26. The van der Waals surface area contributed by atoms with Crippen molar-refractivity contribution < 1.29 is 110 Å². The van der Waals surface area contributed by atoms with E-state index in [4.69, 9.17) is 69.7 Å². The normalized spacial score (nSPS) is 11.6. The number of rotatable bonds is 52. The number of hydrogen-bond donors (Lipinski definition) is 7. The minimum atomic E-state index is -3.97. The fourth-order valence-corrected chi connectivity index (χ4v) is 9.99. The molecular formula is C63H96N8O23S. The molecule has 3 aromatic rings. The van der Waals surface area contributed by atoms with E-state index in [9.17, 15) is 42.4 Å². The summed E-state index contributed by atoms with van der Waals surface area (Å²) in [6.07, 6.45) is 5.61. The minimum absolute atomic E-state index is 0.0263. The number of aromatic nitrogens is 1. The number of unbranched alkanes of at least 4 members (excludes halogenated alkanes) is 6. The van der Waals surface area contributed by atoms with Crippen LogP contribution in [0.3, 0.4) is 0 Å². The van der Waals surface area contributed by atoms with Crippen LogP contribution >= 0.6 is 0 Å². The molecule has 0 radical (unpaired) electrons. The van der Waals surface area contributed by atoms with E-state index < -0.39 is 57.9 Å². The number of methoxy groups -OCH3 is 2. The van der Waals surface area contributed by atoms with Gasteiger partial charge in [0.25, 0.3) is 0 Å². The Morgan fingerprint density at radius 3 is 1.59 bits per heavy atom. The van der Waals surface area contributed by atoms with Gasteiger partial charge in [-0.2, -0.15) is 25.0 Å². The third-order valence-corrected chi connectivity index (χ3v) is 15.0. The quantitative estimate of drug-likeness (QED) is 0.00554. The second-order valence-electron chi connectivity index (χ2n) is 21.3. The van der Waals surface area contributed by atoms with Crippen molar-refractivity contribution in [2.75, 3.05) is 122 Å². The van der Waals surface area contributed by atoms with E-state index in [2.05, 4.69) is 41.5 Å². The number of benzene rings is 2. The van der Waals surface area contributed by atoms with E-state index in [0.29, 0.717) is 81.5 Å². The number of hydrogen-bond acceptors (Lipinski definition) is 31. The van der Waals surface area contributed by atoms with Crippen LogP contribution in [0, 0.1) is 23.8 Å². The first-order valence-electron chi connectivity index (χ1n) is 31.5. The molecule has 0 amide bonds. The summed E-state index contributed by atoms with van der Waals surface area (Å²) in [5, 5.41) is 45.7. The van der Waals surface area contributed by atoms with Crippen molar-refractivity contribution in [3.63, 3.8) is 0 Å². The predicted octanol–water partition coefficient (Wildman–Crippen LogP) is 7.29. The zero-order valence-corrected chi connectivity index (χ0v) is 55.9. The largest absolute Gasteiger partial charge is 0.495 e. The summed E-state index contributed by atoms with van der Waals surface area (Å²) in [6.45, 7) is 6.25. The van der Waals surface area contributed by atoms with Crippen LogP contribution in [0.15, 0.2) is 52.5 Å². The van der Waals surface area contributed by atoms with Gasteiger partial charge in [-0.15, -0.1) is 0 Å². The lowest BCUT2D eigenvalue weighted by Crippen LogP contribution is -2.41. The van der Waals surface area contributed by atoms with Crippen molar-refractivity contribution >= 4 is 74.4 Å². The van der Waals surface area contributed by atoms with Crippen LogP contribution in [0.2, 0.25) is 0 Å². The van der Waals surface area contributed by atoms with Gasteiger partial charge in [-0.3, -0.25) is 33.9 Å². The van der Waals surface area contributed by atoms with Gasteiger partial charge in [-0.25, -0.2) is 33.3 Å². The lowest BCUT2D eigenvalue weighted by atomic mass is 10.1. The predicted molar refractivity (Wildman–Crippen MR) is 343 cm³/mol. The number of pyridine rings is 1. The molecule has 8 N–H and O–H groups in total. The third kappa shape index (κ3) is 37.1. The lowest BCUT2D eigenvalue weighted by Gasteiger charge is -2.28. The number of esters is 3. The monoisotopic (exact) mass is 1360 g/mol. The molecule has 32 heteroatoms. The molecule has 2 atom stereocenters. The summed E-state index contributed by atoms with van der Waals surface area (Å²) in [6, 6.07) is 14.1. The van der Waals surface area contributed by atoms with Crippen LogP contribution in [0.1, 0.15) is 141 Å². The molecule has 0 spiro atoms. The average molecular weight is 1370 g/mol. The van der Waals surface area contributed by atoms with Gasteiger partial charge in [0, 0.05) is 108 Å². The van der Waals surface area contributed by atoms with Gasteiger partial charge in [0.05, 0.1) is 64.3 Å². The molecule has 0 bridgehead atoms. The molecule has 0 fully saturated rings. The molecule has 1 heterocycles. The fourth-order valence-electron chi connectivity index (χ4n) is 8.54. The van der Waals surface area contributed by atoms with Crippen LogP contribution in [0.4, 0.5) is 28.7 Å². The lowest BCUT2D eigenvalue weighted by molar-refractivity contribution is -0.273. The Kier molecular flexibility index (Phi) is 44.3. The van der Waals surface area contributed by atoms with Crippen LogP contribution in [-0.4, -0.2) is 187 Å². The Morgan fingerprint density at radius 1 is 0.642 bits per heavy atom. The van der Waals surface area contributed by atoms with E-state index in [0.717, 1.165) is 12.1 Å². The second-order valence-corrected chi connectivity index (χ2v) is 23.4. The van der Waals surface area contributed by atoms with E-state index in [-0.39, 0.29) is 170 Å². The van der Waals surface area contributed by atoms with Gasteiger partial charge >= 0.3 is 35.8 Å². The number of sulfone groups is 1. The van der Waals surface area contributed by atoms with Crippen LogP contribution in [0.25, 0.3) is 0 Å². The summed E-state index contributed by atoms with van der Waals surface area (Å²) in [7, 11) is -1.29. The second kappa shape index (κ2) is 50.5. The van der Waals surface area contributed by atoms with Gasteiger partial charge < -0.3 is 60.1 Å². The Morgan fingerprint density at radius 2 is 1.13 bits per heavy atom. The number of nitrogens with zero attached hydrogens (tertiary/aromatic N) is 4. The Bertz CT molecular complexity index is 2850. The van der Waals surface area contributed by atoms with Gasteiger partial charge in [0.2, 0.25) is 0 Å². The number of nitrogen functional groups attached to an aromatic ring is 1. The van der Waals surface area contributed by atoms with E-state index in [1.165, 1.54) is 26.4 Å². The molecular weight excluding hydrogens is 1270 g/mol. The highest BCUT2D eigenvalue weighted by molar-refractivity contribution is 7.91. The molecule has 3 rings (SSSR count). The number of aliphatic hydroxyl groups is 3. The Hall–Kier alpha value is -7.87. The van der Waals surface area contributed by atoms with Crippen LogP contribution < -0.4 is 25.8 Å². The molecule has 0 aliphatic rings. The molecule has 2 aromatic carbocycles. The maximum atomic E-state index is 13.5. The Balaban J connectivity index is 0.000000679. The van der Waals surface area contributed by atoms with E-state index >= 15 is 0 Å². The fraction of sp³-hybridized carbons (Fsp3) is 0.619. The van der Waals surface area contributed by atoms with E-state index in [1.54, 1.807) is 25.7 Å². The van der Waals surface area contributed by atoms with Crippen LogP contribution in [0.5, 0.6) is 11.5 Å². The highest BCUT2D eigenvalue weighted by Crippen LogP contribution is 2.36. The number of aliphatic hydroxyl groups excluding tert-OH is 3. The van der Waals surface area contributed by atoms with Gasteiger partial charge in [-0.1, -0.05) is 37.5 Å². The number of para-hydroxylation sites is 1. The van der Waals surface area contributed by atoms with Crippen molar-refractivity contribution in [3.05, 3.63) is 53.6 Å². The van der Waals surface area contributed by atoms with Crippen molar-refractivity contribution in [2.24, 2.45) is 5.11 Å². The van der Waals surface area contributed by atoms with Crippen molar-refractivity contribution in [1.29, 1.82) is 10.8 Å². The smallest absolute Gasteiger partial charge is 0.342 e. The molecule has 0 saturated heterocycles. The standard InChI is InChI=1S/C36H60N2O16S.C27H36N6O7/c1-27(51-33(41)15-11-20-49-53-35(43)13-7-5-9-18-39)25-38(17-22-55(45,46)32-24-30(47-3)29(37)23-31(32)48-4)26-28(2)52-34(42)16-12-21-50-54-36(44)14-8-6-10-19-40;1-20-22(19-28)26(32-27(25(20)33-29)31-21-9-4-2-5-10-21)30-13-16-37-17-18-38-23(35)12-8-15-39-40-24(36)11-6-3-7-14-34/h23-24,27-28,39-40H,5-22,25-26,37H2,1-4H3;2,4-5,9-10,29,34H,3,6-8,11-18H2,1H3,(H2,30,31,32). The number of nitrogens with one attached hydrogen (secondary N) is 3. The summed E-state index contributed by atoms with van der Waals surface area (Å²) < 4.78 is 59.2. The minimum Gasteiger partial charge on any atom is -0.495 e. The number of carbonyl (C=O) groups excluding carboxylic acids is 6. The Labute approximate surface area is 555 Å². The maximum Gasteiger partial charge on any atom is 0.342 e. The first-order chi connectivity index (χ1) is 45.7. The molecule has 31 nitrogen and oxygen atoms in total. The first kappa shape index (κ1) is 83.2. The summed E-state index contributed by atoms with van der Waals surface area (Å²) in [4.78, 5) is 106. The number of anilines is 4. The number of nitrogens with two attached hydrogens (primary N) is 1. The molecule has 0 saturated carbocycles. The molecule has 2 unspecified atom stereocenters.